The van der Waals surface area contributed by atoms with E-state index in [0.29, 0.717) is 6.54 Å². The van der Waals surface area contributed by atoms with Gasteiger partial charge in [-0.1, -0.05) is 0 Å². The maximum absolute atomic E-state index is 12.3. The number of hydrogen-bond acceptors (Lipinski definition) is 6. The number of carboxylic acid groups (broad SMARTS) is 1. The number of nitrogens with zero attached hydrogens (tertiary/aromatic N) is 2. The summed E-state index contributed by atoms with van der Waals surface area (Å²) in [7, 11) is -3.71. The highest BCUT2D eigenvalue weighted by Gasteiger charge is 2.31. The number of carbonyl (C=O) groups excluding carboxylic acids is 1. The van der Waals surface area contributed by atoms with Crippen molar-refractivity contribution in [1.29, 1.82) is 0 Å². The summed E-state index contributed by atoms with van der Waals surface area (Å²) in [4.78, 5) is 24.6. The topological polar surface area (TPSA) is 117 Å². The molecule has 1 fully saturated rings. The van der Waals surface area contributed by atoms with Crippen LogP contribution < -0.4 is 0 Å². The minimum atomic E-state index is -3.71. The second-order valence-electron chi connectivity index (χ2n) is 5.30. The number of carbonyl (C=O) groups is 2. The number of aliphatic carboxylic acids is 1. The standard InChI is InChI=1S/C13H17ClN2O7S/c1-24(20,21)16(8-12(17)18)7-9-6-15(4-5-22-9)13(19)10-2-3-11(14)23-10/h2-3,9H,4-8H2,1H3,(H,17,18)/t9-/m0/s1. The second kappa shape index (κ2) is 7.51. The Bertz CT molecular complexity index is 718. The van der Waals surface area contributed by atoms with Gasteiger partial charge in [-0.05, 0) is 23.7 Å². The Hall–Kier alpha value is -1.62. The highest BCUT2D eigenvalue weighted by atomic mass is 35.5. The van der Waals surface area contributed by atoms with Crippen LogP contribution in [0.3, 0.4) is 0 Å². The molecule has 1 N–H and O–H groups in total. The summed E-state index contributed by atoms with van der Waals surface area (Å²) < 4.78 is 34.7. The normalized spacial score (nSPS) is 18.8. The summed E-state index contributed by atoms with van der Waals surface area (Å²) in [5.74, 6) is -1.58. The Morgan fingerprint density at radius 2 is 2.17 bits per heavy atom. The molecule has 2 heterocycles. The number of furan rings is 1. The minimum Gasteiger partial charge on any atom is -0.480 e. The molecule has 1 aliphatic rings. The molecule has 1 atom stereocenters. The molecule has 1 aromatic heterocycles. The number of halogens is 1. The van der Waals surface area contributed by atoms with Gasteiger partial charge in [0.15, 0.2) is 11.0 Å². The zero-order chi connectivity index (χ0) is 17.9. The third kappa shape index (κ3) is 4.94. The van der Waals surface area contributed by atoms with Gasteiger partial charge in [0.1, 0.15) is 6.54 Å². The molecule has 0 saturated carbocycles. The Balaban J connectivity index is 2.04. The first-order valence-corrected chi connectivity index (χ1v) is 9.22. The van der Waals surface area contributed by atoms with E-state index >= 15 is 0 Å². The van der Waals surface area contributed by atoms with Crippen LogP contribution in [-0.2, 0) is 19.6 Å². The maximum atomic E-state index is 12.3. The van der Waals surface area contributed by atoms with Gasteiger partial charge < -0.3 is 19.2 Å². The number of carboxylic acids is 1. The maximum Gasteiger partial charge on any atom is 0.318 e. The molecule has 0 unspecified atom stereocenters. The van der Waals surface area contributed by atoms with E-state index in [0.717, 1.165) is 10.6 Å². The number of hydrogen-bond donors (Lipinski definition) is 1. The van der Waals surface area contributed by atoms with Crippen molar-refractivity contribution < 1.29 is 32.3 Å². The van der Waals surface area contributed by atoms with Gasteiger partial charge in [-0.3, -0.25) is 9.59 Å². The van der Waals surface area contributed by atoms with Gasteiger partial charge in [0.2, 0.25) is 10.0 Å². The van der Waals surface area contributed by atoms with Crippen molar-refractivity contribution in [3.05, 3.63) is 23.1 Å². The van der Waals surface area contributed by atoms with Gasteiger partial charge in [-0.15, -0.1) is 0 Å². The lowest BCUT2D eigenvalue weighted by Gasteiger charge is -2.34. The minimum absolute atomic E-state index is 0.0751. The first-order chi connectivity index (χ1) is 11.2. The molecular formula is C13H17ClN2O7S. The molecule has 1 aromatic rings. The number of ether oxygens (including phenoxy) is 1. The van der Waals surface area contributed by atoms with Gasteiger partial charge in [-0.25, -0.2) is 8.42 Å². The van der Waals surface area contributed by atoms with Crippen molar-refractivity contribution in [2.45, 2.75) is 6.10 Å². The van der Waals surface area contributed by atoms with Crippen molar-refractivity contribution in [3.63, 3.8) is 0 Å². The molecule has 1 aliphatic heterocycles. The quantitative estimate of drug-likeness (QED) is 0.744. The Kier molecular flexibility index (Phi) is 5.86. The first-order valence-electron chi connectivity index (χ1n) is 7.00. The fourth-order valence-corrected chi connectivity index (χ4v) is 3.22. The lowest BCUT2D eigenvalue weighted by atomic mass is 10.2. The van der Waals surface area contributed by atoms with Crippen molar-refractivity contribution in [2.75, 3.05) is 39.0 Å². The molecule has 1 amide bonds. The summed E-state index contributed by atoms with van der Waals surface area (Å²) in [5.41, 5.74) is 0. The van der Waals surface area contributed by atoms with Gasteiger partial charge in [0, 0.05) is 19.6 Å². The number of morpholine rings is 1. The van der Waals surface area contributed by atoms with E-state index in [4.69, 9.17) is 25.9 Å². The molecule has 11 heteroatoms. The van der Waals surface area contributed by atoms with Gasteiger partial charge in [0.05, 0.1) is 19.0 Å². The predicted octanol–water partition coefficient (Wildman–Crippen LogP) is 0.120. The second-order valence-corrected chi connectivity index (χ2v) is 7.65. The van der Waals surface area contributed by atoms with E-state index < -0.39 is 28.6 Å². The van der Waals surface area contributed by atoms with Crippen molar-refractivity contribution in [1.82, 2.24) is 9.21 Å². The lowest BCUT2D eigenvalue weighted by molar-refractivity contribution is -0.137. The largest absolute Gasteiger partial charge is 0.480 e. The molecule has 0 bridgehead atoms. The van der Waals surface area contributed by atoms with Crippen LogP contribution in [0, 0.1) is 0 Å². The van der Waals surface area contributed by atoms with Crippen LogP contribution in [0.15, 0.2) is 16.5 Å². The molecular weight excluding hydrogens is 364 g/mol. The van der Waals surface area contributed by atoms with Gasteiger partial charge >= 0.3 is 5.97 Å². The zero-order valence-corrected chi connectivity index (χ0v) is 14.4. The molecule has 0 aromatic carbocycles. The van der Waals surface area contributed by atoms with Crippen molar-refractivity contribution >= 4 is 33.5 Å². The molecule has 1 saturated heterocycles. The van der Waals surface area contributed by atoms with Crippen LogP contribution in [0.4, 0.5) is 0 Å². The summed E-state index contributed by atoms with van der Waals surface area (Å²) in [6, 6.07) is 2.90. The van der Waals surface area contributed by atoms with E-state index in [1.165, 1.54) is 17.0 Å². The van der Waals surface area contributed by atoms with Gasteiger partial charge in [-0.2, -0.15) is 4.31 Å². The monoisotopic (exact) mass is 380 g/mol. The number of sulfonamides is 1. The third-order valence-electron chi connectivity index (χ3n) is 3.40. The van der Waals surface area contributed by atoms with Crippen LogP contribution in [0.2, 0.25) is 5.22 Å². The Labute approximate surface area is 143 Å². The highest BCUT2D eigenvalue weighted by Crippen LogP contribution is 2.17. The van der Waals surface area contributed by atoms with E-state index in [-0.39, 0.29) is 36.6 Å². The van der Waals surface area contributed by atoms with E-state index in [1.54, 1.807) is 0 Å². The fraction of sp³-hybridized carbons (Fsp3) is 0.538. The number of amides is 1. The molecule has 0 aliphatic carbocycles. The summed E-state index contributed by atoms with van der Waals surface area (Å²) in [6.07, 6.45) is 0.286. The molecule has 2 rings (SSSR count). The molecule has 0 radical (unpaired) electrons. The van der Waals surface area contributed by atoms with Crippen molar-refractivity contribution in [2.24, 2.45) is 0 Å². The molecule has 134 valence electrons. The average molecular weight is 381 g/mol. The zero-order valence-electron chi connectivity index (χ0n) is 12.8. The van der Waals surface area contributed by atoms with Crippen LogP contribution in [0.1, 0.15) is 10.6 Å². The SMILES string of the molecule is CS(=O)(=O)N(CC(=O)O)C[C@@H]1CN(C(=O)c2ccc(Cl)o2)CCO1. The van der Waals surface area contributed by atoms with E-state index in [9.17, 15) is 18.0 Å². The third-order valence-corrected chi connectivity index (χ3v) is 4.82. The number of rotatable bonds is 6. The van der Waals surface area contributed by atoms with Crippen molar-refractivity contribution in [3.8, 4) is 0 Å². The molecule has 0 spiro atoms. The Morgan fingerprint density at radius 3 is 2.71 bits per heavy atom. The summed E-state index contributed by atoms with van der Waals surface area (Å²) in [5, 5.41) is 8.92. The summed E-state index contributed by atoms with van der Waals surface area (Å²) >= 11 is 5.65. The smallest absolute Gasteiger partial charge is 0.318 e. The predicted molar refractivity (Wildman–Crippen MR) is 83.4 cm³/mol. The van der Waals surface area contributed by atoms with E-state index in [2.05, 4.69) is 0 Å². The summed E-state index contributed by atoms with van der Waals surface area (Å²) in [6.45, 7) is -0.196. The molecule has 9 nitrogen and oxygen atoms in total. The van der Waals surface area contributed by atoms with Crippen LogP contribution in [0.5, 0.6) is 0 Å². The van der Waals surface area contributed by atoms with Gasteiger partial charge in [0.25, 0.3) is 5.91 Å². The van der Waals surface area contributed by atoms with Crippen LogP contribution >= 0.6 is 11.6 Å². The van der Waals surface area contributed by atoms with E-state index in [1.807, 2.05) is 0 Å². The first kappa shape index (κ1) is 18.7. The van der Waals surface area contributed by atoms with Crippen LogP contribution in [0.25, 0.3) is 0 Å². The van der Waals surface area contributed by atoms with Crippen LogP contribution in [-0.4, -0.2) is 79.8 Å². The highest BCUT2D eigenvalue weighted by molar-refractivity contribution is 7.88. The Morgan fingerprint density at radius 1 is 1.46 bits per heavy atom. The average Bonchev–Trinajstić information content (AvgIpc) is 2.91. The fourth-order valence-electron chi connectivity index (χ4n) is 2.29. The lowest BCUT2D eigenvalue weighted by Crippen LogP contribution is -2.51. The molecule has 24 heavy (non-hydrogen) atoms.